The van der Waals surface area contributed by atoms with Gasteiger partial charge in [-0.05, 0) is 25.0 Å². The molecule has 7 heteroatoms. The first-order chi connectivity index (χ1) is 12.6. The number of aliphatic imine (C=N–C) groups is 1. The molecule has 7 nitrogen and oxygen atoms in total. The average molecular weight is 358 g/mol. The lowest BCUT2D eigenvalue weighted by molar-refractivity contribution is 0.0657. The highest BCUT2D eigenvalue weighted by atomic mass is 16.5. The zero-order chi connectivity index (χ0) is 18.8. The van der Waals surface area contributed by atoms with Gasteiger partial charge in [-0.15, -0.1) is 10.2 Å². The number of ether oxygens (including phenoxy) is 1. The van der Waals surface area contributed by atoms with Crippen LogP contribution in [0.25, 0.3) is 0 Å². The first-order valence-corrected chi connectivity index (χ1v) is 9.13. The predicted octanol–water partition coefficient (Wildman–Crippen LogP) is 2.13. The standard InChI is InChI=1S/C19H30N6O/c1-5-18-24-23-14-25(18)11-10-21-19(20-4)22-12-16-6-8-17(9-7-16)13-26-15(2)3/h6-9,14-15H,5,10-13H2,1-4H3,(H2,20,21,22). The van der Waals surface area contributed by atoms with Crippen LogP contribution < -0.4 is 10.6 Å². The van der Waals surface area contributed by atoms with Gasteiger partial charge in [-0.25, -0.2) is 0 Å². The van der Waals surface area contributed by atoms with E-state index in [4.69, 9.17) is 4.74 Å². The van der Waals surface area contributed by atoms with Crippen molar-refractivity contribution in [2.24, 2.45) is 4.99 Å². The summed E-state index contributed by atoms with van der Waals surface area (Å²) in [5.74, 6) is 1.78. The molecule has 0 aliphatic heterocycles. The van der Waals surface area contributed by atoms with Crippen molar-refractivity contribution in [3.8, 4) is 0 Å². The van der Waals surface area contributed by atoms with Gasteiger partial charge in [0.25, 0.3) is 0 Å². The fourth-order valence-electron chi connectivity index (χ4n) is 2.46. The predicted molar refractivity (Wildman–Crippen MR) is 104 cm³/mol. The summed E-state index contributed by atoms with van der Waals surface area (Å²) in [7, 11) is 1.78. The van der Waals surface area contributed by atoms with Gasteiger partial charge in [0.05, 0.1) is 12.7 Å². The third kappa shape index (κ3) is 6.48. The summed E-state index contributed by atoms with van der Waals surface area (Å²) in [5, 5.41) is 14.7. The van der Waals surface area contributed by atoms with E-state index >= 15 is 0 Å². The number of nitrogens with zero attached hydrogens (tertiary/aromatic N) is 4. The molecule has 1 heterocycles. The monoisotopic (exact) mass is 358 g/mol. The summed E-state index contributed by atoms with van der Waals surface area (Å²) in [6.45, 7) is 9.11. The summed E-state index contributed by atoms with van der Waals surface area (Å²) in [6, 6.07) is 8.44. The first kappa shape index (κ1) is 19.9. The quantitative estimate of drug-likeness (QED) is 0.530. The molecule has 0 saturated heterocycles. The molecule has 0 saturated carbocycles. The fraction of sp³-hybridized carbons (Fsp3) is 0.526. The van der Waals surface area contributed by atoms with Crippen LogP contribution in [-0.2, 0) is 30.9 Å². The molecule has 0 bridgehead atoms. The maximum atomic E-state index is 5.62. The van der Waals surface area contributed by atoms with Gasteiger partial charge in [0.1, 0.15) is 12.2 Å². The largest absolute Gasteiger partial charge is 0.374 e. The van der Waals surface area contributed by atoms with Gasteiger partial charge in [-0.2, -0.15) is 0 Å². The molecule has 0 radical (unpaired) electrons. The molecule has 0 aliphatic carbocycles. The summed E-state index contributed by atoms with van der Waals surface area (Å²) < 4.78 is 7.67. The van der Waals surface area contributed by atoms with Crippen LogP contribution >= 0.6 is 0 Å². The highest BCUT2D eigenvalue weighted by molar-refractivity contribution is 5.79. The van der Waals surface area contributed by atoms with Crippen molar-refractivity contribution in [2.45, 2.75) is 53.0 Å². The van der Waals surface area contributed by atoms with Crippen LogP contribution in [0.1, 0.15) is 37.7 Å². The van der Waals surface area contributed by atoms with Gasteiger partial charge in [0, 0.05) is 33.1 Å². The second-order valence-electron chi connectivity index (χ2n) is 6.32. The second-order valence-corrected chi connectivity index (χ2v) is 6.32. The maximum Gasteiger partial charge on any atom is 0.191 e. The molecule has 0 spiro atoms. The van der Waals surface area contributed by atoms with Crippen LogP contribution in [0.5, 0.6) is 0 Å². The molecular weight excluding hydrogens is 328 g/mol. The molecule has 0 atom stereocenters. The molecule has 2 N–H and O–H groups in total. The average Bonchev–Trinajstić information content (AvgIpc) is 3.11. The van der Waals surface area contributed by atoms with Gasteiger partial charge in [0.2, 0.25) is 0 Å². The number of guanidine groups is 1. The maximum absolute atomic E-state index is 5.62. The molecule has 2 rings (SSSR count). The van der Waals surface area contributed by atoms with E-state index in [-0.39, 0.29) is 6.10 Å². The summed E-state index contributed by atoms with van der Waals surface area (Å²) in [6.07, 6.45) is 2.89. The number of benzene rings is 1. The Kier molecular flexibility index (Phi) is 8.08. The highest BCUT2D eigenvalue weighted by Crippen LogP contribution is 2.07. The fourth-order valence-corrected chi connectivity index (χ4v) is 2.46. The van der Waals surface area contributed by atoms with E-state index in [0.717, 1.165) is 37.8 Å². The van der Waals surface area contributed by atoms with Crippen molar-refractivity contribution in [2.75, 3.05) is 13.6 Å². The molecule has 0 unspecified atom stereocenters. The zero-order valence-electron chi connectivity index (χ0n) is 16.2. The van der Waals surface area contributed by atoms with Crippen LogP contribution in [0, 0.1) is 0 Å². The molecule has 142 valence electrons. The zero-order valence-corrected chi connectivity index (χ0v) is 16.2. The Balaban J connectivity index is 1.74. The van der Waals surface area contributed by atoms with E-state index in [2.05, 4.69) is 61.6 Å². The number of aromatic nitrogens is 3. The molecule has 2 aromatic rings. The lowest BCUT2D eigenvalue weighted by atomic mass is 10.1. The molecular formula is C19H30N6O. The number of rotatable bonds is 9. The van der Waals surface area contributed by atoms with Gasteiger partial charge in [-0.3, -0.25) is 4.99 Å². The van der Waals surface area contributed by atoms with Crippen LogP contribution in [0.4, 0.5) is 0 Å². The van der Waals surface area contributed by atoms with Crippen molar-refractivity contribution in [1.82, 2.24) is 25.4 Å². The molecule has 26 heavy (non-hydrogen) atoms. The third-order valence-electron chi connectivity index (χ3n) is 3.95. The lowest BCUT2D eigenvalue weighted by Gasteiger charge is -2.13. The normalized spacial score (nSPS) is 11.8. The second kappa shape index (κ2) is 10.6. The van der Waals surface area contributed by atoms with Crippen LogP contribution in [0.15, 0.2) is 35.6 Å². The van der Waals surface area contributed by atoms with Crippen LogP contribution in [-0.4, -0.2) is 40.4 Å². The molecule has 0 fully saturated rings. The van der Waals surface area contributed by atoms with Crippen molar-refractivity contribution in [3.05, 3.63) is 47.5 Å². The van der Waals surface area contributed by atoms with Crippen LogP contribution in [0.2, 0.25) is 0 Å². The van der Waals surface area contributed by atoms with Crippen molar-refractivity contribution in [1.29, 1.82) is 0 Å². The SMILES string of the molecule is CCc1nncn1CCNC(=NC)NCc1ccc(COC(C)C)cc1. The van der Waals surface area contributed by atoms with Crippen molar-refractivity contribution in [3.63, 3.8) is 0 Å². The minimum atomic E-state index is 0.247. The Hall–Kier alpha value is -2.41. The van der Waals surface area contributed by atoms with E-state index in [1.165, 1.54) is 11.1 Å². The Morgan fingerprint density at radius 1 is 1.19 bits per heavy atom. The smallest absolute Gasteiger partial charge is 0.191 e. The van der Waals surface area contributed by atoms with E-state index in [1.807, 2.05) is 13.8 Å². The Morgan fingerprint density at radius 2 is 1.92 bits per heavy atom. The van der Waals surface area contributed by atoms with E-state index in [0.29, 0.717) is 6.61 Å². The molecule has 1 aromatic heterocycles. The van der Waals surface area contributed by atoms with Gasteiger partial charge < -0.3 is 19.9 Å². The number of hydrogen-bond acceptors (Lipinski definition) is 4. The number of nitrogens with one attached hydrogen (secondary N) is 2. The first-order valence-electron chi connectivity index (χ1n) is 9.13. The minimum absolute atomic E-state index is 0.247. The van der Waals surface area contributed by atoms with Gasteiger partial charge in [0.15, 0.2) is 5.96 Å². The molecule has 0 aliphatic rings. The molecule has 0 amide bonds. The van der Waals surface area contributed by atoms with E-state index < -0.39 is 0 Å². The Labute approximate surface area is 155 Å². The van der Waals surface area contributed by atoms with Crippen molar-refractivity contribution >= 4 is 5.96 Å². The van der Waals surface area contributed by atoms with E-state index in [1.54, 1.807) is 13.4 Å². The Morgan fingerprint density at radius 3 is 2.58 bits per heavy atom. The Bertz CT molecular complexity index is 678. The third-order valence-corrected chi connectivity index (χ3v) is 3.95. The number of aryl methyl sites for hydroxylation is 1. The van der Waals surface area contributed by atoms with Gasteiger partial charge in [-0.1, -0.05) is 31.2 Å². The lowest BCUT2D eigenvalue weighted by Crippen LogP contribution is -2.38. The number of hydrogen-bond donors (Lipinski definition) is 2. The minimum Gasteiger partial charge on any atom is -0.374 e. The van der Waals surface area contributed by atoms with Gasteiger partial charge >= 0.3 is 0 Å². The summed E-state index contributed by atoms with van der Waals surface area (Å²) in [4.78, 5) is 4.26. The topological polar surface area (TPSA) is 76.4 Å². The highest BCUT2D eigenvalue weighted by Gasteiger charge is 2.03. The summed E-state index contributed by atoms with van der Waals surface area (Å²) >= 11 is 0. The molecule has 1 aromatic carbocycles. The van der Waals surface area contributed by atoms with Crippen LogP contribution in [0.3, 0.4) is 0 Å². The summed E-state index contributed by atoms with van der Waals surface area (Å²) in [5.41, 5.74) is 2.39. The van der Waals surface area contributed by atoms with Crippen molar-refractivity contribution < 1.29 is 4.74 Å². The van der Waals surface area contributed by atoms with E-state index in [9.17, 15) is 0 Å².